The normalized spacial score (nSPS) is 15.7. The average molecular weight is 2110 g/mol. The number of amides is 8. The summed E-state index contributed by atoms with van der Waals surface area (Å²) in [5.41, 5.74) is 6.96. The Bertz CT molecular complexity index is 6460. The molecule has 148 heavy (non-hydrogen) atoms. The smallest absolute Gasteiger partial charge is 0.407 e. The van der Waals surface area contributed by atoms with Crippen molar-refractivity contribution >= 4 is 107 Å². The lowest BCUT2D eigenvalue weighted by Crippen LogP contribution is -2.60. The summed E-state index contributed by atoms with van der Waals surface area (Å²) in [4.78, 5) is 146. The second-order valence-corrected chi connectivity index (χ2v) is 47.8. The number of hydrogen-bond donors (Lipinski definition) is 18. The minimum atomic E-state index is -4.47. The minimum Gasteiger partial charge on any atom is -0.488 e. The Balaban J connectivity index is 0.891. The summed E-state index contributed by atoms with van der Waals surface area (Å²) in [6.07, 6.45) is -2.38. The van der Waals surface area contributed by atoms with Crippen LogP contribution in [0.15, 0.2) is 87.5 Å². The van der Waals surface area contributed by atoms with Gasteiger partial charge in [0.15, 0.2) is 0 Å². The van der Waals surface area contributed by atoms with Crippen LogP contribution in [0.2, 0.25) is 0 Å². The van der Waals surface area contributed by atoms with E-state index in [-0.39, 0.29) is 92.3 Å². The van der Waals surface area contributed by atoms with E-state index in [0.29, 0.717) is 109 Å². The molecule has 40 nitrogen and oxygen atoms in total. The van der Waals surface area contributed by atoms with Crippen molar-refractivity contribution in [3.8, 4) is 34.1 Å². The van der Waals surface area contributed by atoms with Crippen LogP contribution < -0.4 is 91.6 Å². The summed E-state index contributed by atoms with van der Waals surface area (Å²) in [5, 5.41) is 65.3. The van der Waals surface area contributed by atoms with Crippen molar-refractivity contribution in [3.05, 3.63) is 156 Å². The van der Waals surface area contributed by atoms with Gasteiger partial charge in [0, 0.05) is 67.9 Å². The highest BCUT2D eigenvalue weighted by atomic mass is 32.2. The first-order valence-corrected chi connectivity index (χ1v) is 54.1. The standard InChI is InChI=1S/C105H147N17O23S3/c1-54(2)47-79(116-95(130)80(48-66-40-42-67(43-41-66)141-101(14,15)16)117-92(127)78(119-100(133)140-53-75-70-35-28-26-33-68(70)69-34-27-29-36-71(69)75)39-32-46-111-99(108)122-148(138,139)88-60(8)57(5)85-74(63(88)11)52-105(24,25)145-85)94(129)118-81(49-82(123)142-102(17,18)19)93(128)112-64(12)89(124)114-77(38-31-45-110-98(107)121-147(136,137)87-59(7)56(4)84-73(62(87)10)51-104(22,23)144-84)91(126)115-76(90(125)113-65(13)96(131)132)37-30-44-109-97(106)120-146(134,135)86-58(6)55(3)83-72(61(86)9)50-103(20,21)143-83/h26-29,33-36,40-43,54,64-65,75-81H,30-32,37-39,44-53H2,1-25H3,(H,112,128)(H,113,125)(H,114,124)(H,115,126)(H,116,130)(H,117,127)(H,118,129)(H,119,133)(H,131,132)(H3,106,109,120)(H3,107,110,121)(H3,108,111,122)/t64-,65-,76-,77-,78-,79-,80-,81-/m0/s1. The first kappa shape index (κ1) is 117. The zero-order valence-corrected chi connectivity index (χ0v) is 91.6. The van der Waals surface area contributed by atoms with E-state index >= 15 is 24.0 Å². The maximum atomic E-state index is 15.5. The van der Waals surface area contributed by atoms with Crippen molar-refractivity contribution in [2.24, 2.45) is 5.92 Å². The second-order valence-electron chi connectivity index (χ2n) is 42.9. The Kier molecular flexibility index (Phi) is 37.1. The van der Waals surface area contributed by atoms with Crippen LogP contribution in [0.1, 0.15) is 252 Å². The number of alkyl carbamates (subject to hydrolysis) is 1. The lowest BCUT2D eigenvalue weighted by Gasteiger charge is -2.28. The summed E-state index contributed by atoms with van der Waals surface area (Å²) in [6.45, 7) is 41.6. The molecule has 4 aliphatic rings. The molecule has 0 saturated heterocycles. The fourth-order valence-corrected chi connectivity index (χ4v) is 23.4. The second kappa shape index (κ2) is 47.0. The van der Waals surface area contributed by atoms with Gasteiger partial charge >= 0.3 is 18.0 Å². The van der Waals surface area contributed by atoms with Crippen molar-refractivity contribution in [2.75, 3.05) is 26.2 Å². The van der Waals surface area contributed by atoms with E-state index in [4.69, 9.17) is 44.6 Å². The average Bonchev–Trinajstić information content (AvgIpc) is 1.59. The van der Waals surface area contributed by atoms with Crippen molar-refractivity contribution in [3.63, 3.8) is 0 Å². The Hall–Kier alpha value is -13.3. The summed E-state index contributed by atoms with van der Waals surface area (Å²) in [5.74, 6) is -10.5. The SMILES string of the molecule is Cc1c(C)c(S(=O)(=O)NC(=N)NCCC[C@H](NC(=O)OCC2c3ccccc3-c3ccccc32)C(=O)N[C@@H](Cc2ccc(OC(C)(C)C)cc2)C(=O)N[C@@H](CC(C)C)C(=O)N[C@@H](CC(=O)OC(C)(C)C)C(=O)N[C@@H](C)C(=O)N[C@@H](CCCNC(=N)NS(=O)(=O)c2c(C)c(C)c3c(c2C)CC(C)(C)O3)C(=O)N[C@@H](CCCNC(=N)NS(=O)(=O)c2c(C)c(C)c3c(c2C)CC(C)(C)O3)C(=O)N[C@@H](C)C(=O)O)c(C)c2c1OC(C)(C)C2. The number of aliphatic carboxylic acids is 1. The Morgan fingerprint density at radius 3 is 1.14 bits per heavy atom. The molecule has 1 aliphatic carbocycles. The molecule has 808 valence electrons. The molecule has 3 heterocycles. The Labute approximate surface area is 867 Å². The summed E-state index contributed by atoms with van der Waals surface area (Å²) in [7, 11) is -13.3. The van der Waals surface area contributed by atoms with E-state index in [1.807, 2.05) is 111 Å². The predicted molar refractivity (Wildman–Crippen MR) is 558 cm³/mol. The monoisotopic (exact) mass is 2110 g/mol. The maximum Gasteiger partial charge on any atom is 0.407 e. The third-order valence-electron chi connectivity index (χ3n) is 26.2. The number of esters is 1. The number of ether oxygens (including phenoxy) is 6. The lowest BCUT2D eigenvalue weighted by molar-refractivity contribution is -0.156. The third kappa shape index (κ3) is 29.8. The topological polar surface area (TPSA) is 589 Å². The fourth-order valence-electron chi connectivity index (χ4n) is 18.9. The Morgan fingerprint density at radius 1 is 0.419 bits per heavy atom. The van der Waals surface area contributed by atoms with Gasteiger partial charge < -0.3 is 92.0 Å². The molecule has 0 fully saturated rings. The number of hydrogen-bond acceptors (Lipinski definition) is 25. The molecule has 0 unspecified atom stereocenters. The van der Waals surface area contributed by atoms with Crippen LogP contribution in [0, 0.1) is 84.5 Å². The van der Waals surface area contributed by atoms with E-state index < -0.39 is 202 Å². The zero-order chi connectivity index (χ0) is 110. The summed E-state index contributed by atoms with van der Waals surface area (Å²) >= 11 is 0. The maximum absolute atomic E-state index is 15.5. The molecule has 18 N–H and O–H groups in total. The molecule has 8 atom stereocenters. The van der Waals surface area contributed by atoms with Gasteiger partial charge in [0.2, 0.25) is 59.2 Å². The van der Waals surface area contributed by atoms with Gasteiger partial charge in [0.25, 0.3) is 30.1 Å². The van der Waals surface area contributed by atoms with Crippen molar-refractivity contribution < 1.29 is 107 Å². The van der Waals surface area contributed by atoms with E-state index in [2.05, 4.69) is 72.7 Å². The van der Waals surface area contributed by atoms with Crippen molar-refractivity contribution in [1.82, 2.24) is 72.7 Å². The number of carbonyl (C=O) groups is 10. The van der Waals surface area contributed by atoms with Crippen LogP contribution in [0.25, 0.3) is 11.1 Å². The number of sulfonamides is 3. The first-order valence-electron chi connectivity index (χ1n) is 49.7. The number of nitrogens with one attached hydrogen (secondary N) is 17. The molecule has 0 aromatic heterocycles. The van der Waals surface area contributed by atoms with Gasteiger partial charge in [-0.3, -0.25) is 59.4 Å². The van der Waals surface area contributed by atoms with Crippen LogP contribution in [-0.2, 0) is 108 Å². The van der Waals surface area contributed by atoms with Crippen molar-refractivity contribution in [2.45, 2.75) is 347 Å². The molecule has 0 saturated carbocycles. The quantitative estimate of drug-likeness (QED) is 0.00733. The van der Waals surface area contributed by atoms with Gasteiger partial charge in [-0.1, -0.05) is 74.5 Å². The van der Waals surface area contributed by atoms with Crippen LogP contribution in [0.3, 0.4) is 0 Å². The molecule has 43 heteroatoms. The number of carboxylic acid groups (broad SMARTS) is 1. The number of fused-ring (bicyclic) bond motifs is 6. The molecule has 0 spiro atoms. The molecule has 6 aromatic carbocycles. The summed E-state index contributed by atoms with van der Waals surface area (Å²) in [6, 6.07) is 8.66. The molecule has 0 radical (unpaired) electrons. The first-order chi connectivity index (χ1) is 68.7. The van der Waals surface area contributed by atoms with Gasteiger partial charge in [0.1, 0.15) is 106 Å². The van der Waals surface area contributed by atoms with Gasteiger partial charge in [0.05, 0.1) is 21.1 Å². The number of benzene rings is 6. The molecule has 0 bridgehead atoms. The fraction of sp³-hybridized carbons (Fsp3) is 0.533. The van der Waals surface area contributed by atoms with Crippen LogP contribution in [0.4, 0.5) is 4.79 Å². The number of carbonyl (C=O) groups excluding carboxylic acids is 9. The predicted octanol–water partition coefficient (Wildman–Crippen LogP) is 9.38. The highest BCUT2D eigenvalue weighted by Gasteiger charge is 2.44. The lowest BCUT2D eigenvalue weighted by atomic mass is 9.94. The van der Waals surface area contributed by atoms with Crippen LogP contribution in [-0.4, -0.2) is 210 Å². The number of guanidine groups is 3. The van der Waals surface area contributed by atoms with Crippen molar-refractivity contribution in [1.29, 1.82) is 16.2 Å². The van der Waals surface area contributed by atoms with E-state index in [0.717, 1.165) is 34.7 Å². The molecule has 8 amide bonds. The molecule has 6 aromatic rings. The van der Waals surface area contributed by atoms with Gasteiger partial charge in [-0.25, -0.2) is 44.2 Å². The molecule has 3 aliphatic heterocycles. The number of rotatable bonds is 43. The van der Waals surface area contributed by atoms with Crippen LogP contribution >= 0.6 is 0 Å². The Morgan fingerprint density at radius 2 is 0.757 bits per heavy atom. The van der Waals surface area contributed by atoms with Gasteiger partial charge in [-0.05, 0) is 300 Å². The molecular formula is C105H147N17O23S3. The summed E-state index contributed by atoms with van der Waals surface area (Å²) < 4.78 is 129. The number of carboxylic acids is 1. The largest absolute Gasteiger partial charge is 0.488 e. The minimum absolute atomic E-state index is 0.0103. The van der Waals surface area contributed by atoms with Crippen LogP contribution in [0.5, 0.6) is 23.0 Å². The highest BCUT2D eigenvalue weighted by molar-refractivity contribution is 7.90. The van der Waals surface area contributed by atoms with E-state index in [1.54, 1.807) is 121 Å². The third-order valence-corrected chi connectivity index (χ3v) is 31.1. The van der Waals surface area contributed by atoms with Gasteiger partial charge in [-0.15, -0.1) is 0 Å². The molecule has 10 rings (SSSR count). The highest BCUT2D eigenvalue weighted by Crippen LogP contribution is 2.49. The van der Waals surface area contributed by atoms with Gasteiger partial charge in [-0.2, -0.15) is 0 Å². The molecular weight excluding hydrogens is 1960 g/mol. The zero-order valence-electron chi connectivity index (χ0n) is 89.2. The van der Waals surface area contributed by atoms with E-state index in [1.165, 1.54) is 6.92 Å². The van der Waals surface area contributed by atoms with E-state index in [9.17, 15) is 54.3 Å².